The largest absolute Gasteiger partial charge is 0.385 e. The molecular weight excluding hydrogens is 378 g/mol. The zero-order chi connectivity index (χ0) is 19.5. The third-order valence-corrected chi connectivity index (χ3v) is 5.81. The van der Waals surface area contributed by atoms with Crippen molar-refractivity contribution in [2.45, 2.75) is 44.5 Å². The van der Waals surface area contributed by atoms with E-state index in [-0.39, 0.29) is 12.0 Å². The predicted octanol–water partition coefficient (Wildman–Crippen LogP) is 2.81. The van der Waals surface area contributed by atoms with Crippen LogP contribution in [0.5, 0.6) is 0 Å². The first-order chi connectivity index (χ1) is 13.7. The van der Waals surface area contributed by atoms with Gasteiger partial charge in [-0.1, -0.05) is 17.7 Å². The van der Waals surface area contributed by atoms with Gasteiger partial charge in [0.1, 0.15) is 6.10 Å². The van der Waals surface area contributed by atoms with Gasteiger partial charge in [-0.15, -0.1) is 0 Å². The standard InChI is InChI=1S/C21H28ClN3O3/c1-27-10-3-9-24-13-15(20-17(22)4-2-5-18(20)24)14-25(16-6-7-16)21(26)19-12-23-8-11-28-19/h2,4-5,13,16,19,23H,3,6-12,14H2,1H3/t19-/m1/s1. The number of fused-ring (bicyclic) bond motifs is 1. The van der Waals surface area contributed by atoms with Crippen LogP contribution in [-0.2, 0) is 27.4 Å². The summed E-state index contributed by atoms with van der Waals surface area (Å²) in [5.41, 5.74) is 2.21. The average Bonchev–Trinajstić information content (AvgIpc) is 3.50. The molecule has 0 unspecified atom stereocenters. The van der Waals surface area contributed by atoms with Gasteiger partial charge >= 0.3 is 0 Å². The fourth-order valence-corrected chi connectivity index (χ4v) is 4.23. The number of morpholine rings is 1. The van der Waals surface area contributed by atoms with Crippen LogP contribution < -0.4 is 5.32 Å². The molecule has 0 bridgehead atoms. The second-order valence-corrected chi connectivity index (χ2v) is 8.00. The highest BCUT2D eigenvalue weighted by atomic mass is 35.5. The Bertz CT molecular complexity index is 828. The number of ether oxygens (including phenoxy) is 2. The van der Waals surface area contributed by atoms with Crippen molar-refractivity contribution in [2.75, 3.05) is 33.4 Å². The zero-order valence-electron chi connectivity index (χ0n) is 16.3. The van der Waals surface area contributed by atoms with Gasteiger partial charge in [-0.05, 0) is 37.0 Å². The molecule has 0 radical (unpaired) electrons. The molecule has 28 heavy (non-hydrogen) atoms. The van der Waals surface area contributed by atoms with Crippen molar-refractivity contribution in [1.82, 2.24) is 14.8 Å². The number of carbonyl (C=O) groups excluding carboxylic acids is 1. The van der Waals surface area contributed by atoms with Crippen LogP contribution in [0.4, 0.5) is 0 Å². The summed E-state index contributed by atoms with van der Waals surface area (Å²) in [5.74, 6) is 0.0852. The van der Waals surface area contributed by atoms with Crippen molar-refractivity contribution in [3.8, 4) is 0 Å². The highest BCUT2D eigenvalue weighted by molar-refractivity contribution is 6.35. The van der Waals surface area contributed by atoms with Crippen molar-refractivity contribution in [3.05, 3.63) is 35.0 Å². The molecule has 1 aromatic carbocycles. The van der Waals surface area contributed by atoms with E-state index in [0.29, 0.717) is 32.3 Å². The number of aromatic nitrogens is 1. The maximum Gasteiger partial charge on any atom is 0.253 e. The van der Waals surface area contributed by atoms with Gasteiger partial charge < -0.3 is 24.3 Å². The lowest BCUT2D eigenvalue weighted by atomic mass is 10.1. The minimum Gasteiger partial charge on any atom is -0.385 e. The van der Waals surface area contributed by atoms with E-state index < -0.39 is 0 Å². The first-order valence-corrected chi connectivity index (χ1v) is 10.4. The summed E-state index contributed by atoms with van der Waals surface area (Å²) in [7, 11) is 1.72. The predicted molar refractivity (Wildman–Crippen MR) is 110 cm³/mol. The van der Waals surface area contributed by atoms with E-state index in [2.05, 4.69) is 22.1 Å². The molecule has 6 nitrogen and oxygen atoms in total. The lowest BCUT2D eigenvalue weighted by molar-refractivity contribution is -0.146. The first-order valence-electron chi connectivity index (χ1n) is 10.1. The Hall–Kier alpha value is -1.60. The molecule has 2 aromatic rings. The molecule has 1 amide bonds. The van der Waals surface area contributed by atoms with Gasteiger partial charge in [-0.2, -0.15) is 0 Å². The third kappa shape index (κ3) is 4.20. The van der Waals surface area contributed by atoms with Crippen molar-refractivity contribution >= 4 is 28.4 Å². The SMILES string of the molecule is COCCCn1cc(CN(C(=O)[C@H]2CNCCO2)C2CC2)c2c(Cl)cccc21. The number of hydrogen-bond acceptors (Lipinski definition) is 4. The molecule has 1 saturated heterocycles. The number of nitrogens with one attached hydrogen (secondary N) is 1. The lowest BCUT2D eigenvalue weighted by Gasteiger charge is -2.30. The average molecular weight is 406 g/mol. The number of nitrogens with zero attached hydrogens (tertiary/aromatic N) is 2. The van der Waals surface area contributed by atoms with E-state index in [1.807, 2.05) is 17.0 Å². The summed E-state index contributed by atoms with van der Waals surface area (Å²) in [4.78, 5) is 15.1. The van der Waals surface area contributed by atoms with Gasteiger partial charge in [-0.25, -0.2) is 0 Å². The first kappa shape index (κ1) is 19.7. The van der Waals surface area contributed by atoms with Gasteiger partial charge in [0.2, 0.25) is 0 Å². The van der Waals surface area contributed by atoms with E-state index >= 15 is 0 Å². The van der Waals surface area contributed by atoms with Gasteiger partial charge in [0.05, 0.1) is 11.6 Å². The molecule has 1 aliphatic carbocycles. The Balaban J connectivity index is 1.60. The monoisotopic (exact) mass is 405 g/mol. The Labute approximate surface area is 170 Å². The van der Waals surface area contributed by atoms with Gasteiger partial charge in [0, 0.05) is 63.0 Å². The smallest absolute Gasteiger partial charge is 0.253 e. The summed E-state index contributed by atoms with van der Waals surface area (Å²) in [6.45, 7) is 4.12. The van der Waals surface area contributed by atoms with Crippen molar-refractivity contribution in [3.63, 3.8) is 0 Å². The normalized spacial score (nSPS) is 19.9. The highest BCUT2D eigenvalue weighted by Gasteiger charge is 2.37. The van der Waals surface area contributed by atoms with Crippen LogP contribution in [0.3, 0.4) is 0 Å². The highest BCUT2D eigenvalue weighted by Crippen LogP contribution is 2.34. The molecule has 4 rings (SSSR count). The van der Waals surface area contributed by atoms with Crippen LogP contribution >= 0.6 is 11.6 Å². The molecular formula is C21H28ClN3O3. The van der Waals surface area contributed by atoms with E-state index in [1.165, 1.54) is 0 Å². The summed E-state index contributed by atoms with van der Waals surface area (Å²) < 4.78 is 13.1. The van der Waals surface area contributed by atoms with Crippen LogP contribution in [0.2, 0.25) is 5.02 Å². The fourth-order valence-electron chi connectivity index (χ4n) is 3.94. The van der Waals surface area contributed by atoms with E-state index in [4.69, 9.17) is 21.1 Å². The number of halogens is 1. The third-order valence-electron chi connectivity index (χ3n) is 5.50. The van der Waals surface area contributed by atoms with Crippen LogP contribution in [0, 0.1) is 0 Å². The number of hydrogen-bond donors (Lipinski definition) is 1. The second kappa shape index (κ2) is 8.82. The molecule has 1 aromatic heterocycles. The number of aryl methyl sites for hydroxylation is 1. The molecule has 2 fully saturated rings. The van der Waals surface area contributed by atoms with Crippen LogP contribution in [0.25, 0.3) is 10.9 Å². The van der Waals surface area contributed by atoms with E-state index in [0.717, 1.165) is 53.8 Å². The topological polar surface area (TPSA) is 55.7 Å². The Morgan fingerprint density at radius 2 is 2.29 bits per heavy atom. The van der Waals surface area contributed by atoms with E-state index in [1.54, 1.807) is 7.11 Å². The quantitative estimate of drug-likeness (QED) is 0.686. The molecule has 2 heterocycles. The fraction of sp³-hybridized carbons (Fsp3) is 0.571. The minimum atomic E-state index is -0.389. The molecule has 7 heteroatoms. The molecule has 0 spiro atoms. The van der Waals surface area contributed by atoms with Crippen LogP contribution in [-0.4, -0.2) is 60.9 Å². The van der Waals surface area contributed by atoms with Gasteiger partial charge in [0.25, 0.3) is 5.91 Å². The Morgan fingerprint density at radius 3 is 3.00 bits per heavy atom. The number of methoxy groups -OCH3 is 1. The summed E-state index contributed by atoms with van der Waals surface area (Å²) in [6.07, 6.45) is 4.81. The van der Waals surface area contributed by atoms with Crippen molar-refractivity contribution in [2.24, 2.45) is 0 Å². The van der Waals surface area contributed by atoms with E-state index in [9.17, 15) is 4.79 Å². The Kier molecular flexibility index (Phi) is 6.21. The minimum absolute atomic E-state index is 0.0852. The maximum absolute atomic E-state index is 13.1. The molecule has 152 valence electrons. The molecule has 1 N–H and O–H groups in total. The molecule has 2 aliphatic rings. The van der Waals surface area contributed by atoms with Crippen LogP contribution in [0.15, 0.2) is 24.4 Å². The summed E-state index contributed by atoms with van der Waals surface area (Å²) in [5, 5.41) is 5.03. The van der Waals surface area contributed by atoms with Gasteiger partial charge in [0.15, 0.2) is 0 Å². The number of carbonyl (C=O) groups is 1. The number of rotatable bonds is 8. The summed E-state index contributed by atoms with van der Waals surface area (Å²) >= 11 is 6.57. The number of amides is 1. The molecule has 1 atom stereocenters. The Morgan fingerprint density at radius 1 is 1.43 bits per heavy atom. The maximum atomic E-state index is 13.1. The molecule has 1 aliphatic heterocycles. The summed E-state index contributed by atoms with van der Waals surface area (Å²) in [6, 6.07) is 6.30. The lowest BCUT2D eigenvalue weighted by Crippen LogP contribution is -2.49. The second-order valence-electron chi connectivity index (χ2n) is 7.59. The van der Waals surface area contributed by atoms with Crippen molar-refractivity contribution < 1.29 is 14.3 Å². The zero-order valence-corrected chi connectivity index (χ0v) is 17.1. The number of benzene rings is 1. The molecule has 1 saturated carbocycles. The van der Waals surface area contributed by atoms with Crippen LogP contribution in [0.1, 0.15) is 24.8 Å². The van der Waals surface area contributed by atoms with Gasteiger partial charge in [-0.3, -0.25) is 4.79 Å². The van der Waals surface area contributed by atoms with Crippen molar-refractivity contribution in [1.29, 1.82) is 0 Å².